The Hall–Kier alpha value is -0.570. The predicted octanol–water partition coefficient (Wildman–Crippen LogP) is 2.30. The molecule has 1 saturated carbocycles. The first-order valence-corrected chi connectivity index (χ1v) is 6.84. The van der Waals surface area contributed by atoms with E-state index in [0.29, 0.717) is 5.92 Å². The number of nitrogens with two attached hydrogens (primary N) is 1. The van der Waals surface area contributed by atoms with Crippen LogP contribution in [0.2, 0.25) is 0 Å². The van der Waals surface area contributed by atoms with Gasteiger partial charge in [-0.1, -0.05) is 34.1 Å². The second kappa shape index (κ2) is 5.85. The van der Waals surface area contributed by atoms with Crippen molar-refractivity contribution in [1.82, 2.24) is 5.32 Å². The van der Waals surface area contributed by atoms with E-state index in [4.69, 9.17) is 5.73 Å². The molecule has 1 aliphatic rings. The summed E-state index contributed by atoms with van der Waals surface area (Å²) in [4.78, 5) is 12.0. The molecular formula is C14H28N2O. The molecule has 3 heteroatoms. The van der Waals surface area contributed by atoms with Crippen molar-refractivity contribution >= 4 is 5.91 Å². The number of carbonyl (C=O) groups excluding carboxylic acids is 1. The first kappa shape index (κ1) is 14.5. The van der Waals surface area contributed by atoms with Crippen LogP contribution < -0.4 is 11.1 Å². The second-order valence-corrected chi connectivity index (χ2v) is 6.69. The normalized spacial score (nSPS) is 30.1. The molecule has 3 nitrogen and oxygen atoms in total. The van der Waals surface area contributed by atoms with Gasteiger partial charge in [-0.05, 0) is 30.6 Å². The van der Waals surface area contributed by atoms with E-state index >= 15 is 0 Å². The molecule has 3 atom stereocenters. The molecule has 100 valence electrons. The minimum Gasteiger partial charge on any atom is -0.356 e. The maximum absolute atomic E-state index is 12.0. The van der Waals surface area contributed by atoms with Crippen molar-refractivity contribution in [2.45, 2.75) is 59.4 Å². The predicted molar refractivity (Wildman–Crippen MR) is 71.6 cm³/mol. The van der Waals surface area contributed by atoms with Crippen molar-refractivity contribution in [1.29, 1.82) is 0 Å². The molecule has 0 spiro atoms. The molecule has 1 amide bonds. The summed E-state index contributed by atoms with van der Waals surface area (Å²) >= 11 is 0. The first-order chi connectivity index (χ1) is 7.81. The van der Waals surface area contributed by atoms with E-state index in [1.165, 1.54) is 0 Å². The summed E-state index contributed by atoms with van der Waals surface area (Å²) in [5.41, 5.74) is 6.39. The summed E-state index contributed by atoms with van der Waals surface area (Å²) < 4.78 is 0. The molecule has 0 saturated heterocycles. The van der Waals surface area contributed by atoms with Gasteiger partial charge in [0.25, 0.3) is 0 Å². The van der Waals surface area contributed by atoms with Crippen LogP contribution in [-0.2, 0) is 4.79 Å². The van der Waals surface area contributed by atoms with Gasteiger partial charge in [-0.3, -0.25) is 4.79 Å². The number of carbonyl (C=O) groups is 1. The van der Waals surface area contributed by atoms with E-state index in [1.807, 2.05) is 0 Å². The van der Waals surface area contributed by atoms with Gasteiger partial charge in [0.05, 0.1) is 5.92 Å². The third-order valence-corrected chi connectivity index (χ3v) is 3.81. The summed E-state index contributed by atoms with van der Waals surface area (Å²) in [5.74, 6) is 0.661. The van der Waals surface area contributed by atoms with Gasteiger partial charge in [-0.15, -0.1) is 0 Å². The average Bonchev–Trinajstić information content (AvgIpc) is 2.20. The van der Waals surface area contributed by atoms with Crippen LogP contribution in [0.1, 0.15) is 53.4 Å². The van der Waals surface area contributed by atoms with Crippen molar-refractivity contribution < 1.29 is 4.79 Å². The number of amides is 1. The summed E-state index contributed by atoms with van der Waals surface area (Å²) in [6, 6.07) is 0.0402. The Morgan fingerprint density at radius 1 is 1.35 bits per heavy atom. The molecule has 0 aromatic heterocycles. The minimum atomic E-state index is 0.0266. The van der Waals surface area contributed by atoms with Crippen LogP contribution in [0.15, 0.2) is 0 Å². The molecule has 3 unspecified atom stereocenters. The molecule has 0 aromatic carbocycles. The Kier molecular flexibility index (Phi) is 4.99. The SMILES string of the molecule is CC1CCCC(C(=O)NCCC(C)(C)C)C1N. The summed E-state index contributed by atoms with van der Waals surface area (Å²) in [5, 5.41) is 3.04. The number of rotatable bonds is 3. The Balaban J connectivity index is 2.37. The second-order valence-electron chi connectivity index (χ2n) is 6.69. The molecule has 1 fully saturated rings. The zero-order valence-corrected chi connectivity index (χ0v) is 11.8. The highest BCUT2D eigenvalue weighted by atomic mass is 16.1. The molecule has 0 aromatic rings. The monoisotopic (exact) mass is 240 g/mol. The number of nitrogens with one attached hydrogen (secondary N) is 1. The van der Waals surface area contributed by atoms with Crippen LogP contribution in [0.3, 0.4) is 0 Å². The van der Waals surface area contributed by atoms with Crippen LogP contribution in [0, 0.1) is 17.3 Å². The van der Waals surface area contributed by atoms with E-state index in [1.54, 1.807) is 0 Å². The van der Waals surface area contributed by atoms with E-state index in [9.17, 15) is 4.79 Å². The molecule has 0 aliphatic heterocycles. The summed E-state index contributed by atoms with van der Waals surface area (Å²) in [6.07, 6.45) is 4.25. The summed E-state index contributed by atoms with van der Waals surface area (Å²) in [7, 11) is 0. The molecule has 1 aliphatic carbocycles. The molecule has 3 N–H and O–H groups in total. The largest absolute Gasteiger partial charge is 0.356 e. The van der Waals surface area contributed by atoms with Gasteiger partial charge in [-0.2, -0.15) is 0 Å². The highest BCUT2D eigenvalue weighted by molar-refractivity contribution is 5.79. The van der Waals surface area contributed by atoms with Gasteiger partial charge < -0.3 is 11.1 Å². The number of hydrogen-bond acceptors (Lipinski definition) is 2. The van der Waals surface area contributed by atoms with Crippen LogP contribution in [0.4, 0.5) is 0 Å². The fourth-order valence-electron chi connectivity index (χ4n) is 2.44. The van der Waals surface area contributed by atoms with Gasteiger partial charge in [-0.25, -0.2) is 0 Å². The Labute approximate surface area is 106 Å². The molecule has 0 bridgehead atoms. The average molecular weight is 240 g/mol. The fourth-order valence-corrected chi connectivity index (χ4v) is 2.44. The highest BCUT2D eigenvalue weighted by Gasteiger charge is 2.32. The van der Waals surface area contributed by atoms with Crippen molar-refractivity contribution in [2.75, 3.05) is 6.54 Å². The fraction of sp³-hybridized carbons (Fsp3) is 0.929. The third-order valence-electron chi connectivity index (χ3n) is 3.81. The van der Waals surface area contributed by atoms with Gasteiger partial charge >= 0.3 is 0 Å². The Morgan fingerprint density at radius 2 is 2.00 bits per heavy atom. The van der Waals surface area contributed by atoms with Crippen molar-refractivity contribution in [3.8, 4) is 0 Å². The van der Waals surface area contributed by atoms with E-state index < -0.39 is 0 Å². The van der Waals surface area contributed by atoms with Crippen LogP contribution in [0.5, 0.6) is 0 Å². The van der Waals surface area contributed by atoms with E-state index in [0.717, 1.165) is 32.2 Å². The molecular weight excluding hydrogens is 212 g/mol. The van der Waals surface area contributed by atoms with Gasteiger partial charge in [0.1, 0.15) is 0 Å². The maximum atomic E-state index is 12.0. The Morgan fingerprint density at radius 3 is 2.59 bits per heavy atom. The van der Waals surface area contributed by atoms with Crippen molar-refractivity contribution in [2.24, 2.45) is 23.0 Å². The molecule has 17 heavy (non-hydrogen) atoms. The molecule has 0 radical (unpaired) electrons. The lowest BCUT2D eigenvalue weighted by atomic mass is 9.78. The van der Waals surface area contributed by atoms with Gasteiger partial charge in [0.2, 0.25) is 5.91 Å². The Bertz CT molecular complexity index is 257. The molecule has 0 heterocycles. The quantitative estimate of drug-likeness (QED) is 0.795. The lowest BCUT2D eigenvalue weighted by Crippen LogP contribution is -2.47. The lowest BCUT2D eigenvalue weighted by molar-refractivity contribution is -0.127. The standard InChI is InChI=1S/C14H28N2O/c1-10-6-5-7-11(12(10)15)13(17)16-9-8-14(2,3)4/h10-12H,5-9,15H2,1-4H3,(H,16,17). The zero-order chi connectivity index (χ0) is 13.1. The zero-order valence-electron chi connectivity index (χ0n) is 11.8. The minimum absolute atomic E-state index is 0.0266. The van der Waals surface area contributed by atoms with Crippen LogP contribution in [0.25, 0.3) is 0 Å². The van der Waals surface area contributed by atoms with E-state index in [-0.39, 0.29) is 23.3 Å². The van der Waals surface area contributed by atoms with Crippen LogP contribution in [-0.4, -0.2) is 18.5 Å². The van der Waals surface area contributed by atoms with Gasteiger partial charge in [0, 0.05) is 12.6 Å². The van der Waals surface area contributed by atoms with Crippen LogP contribution >= 0.6 is 0 Å². The van der Waals surface area contributed by atoms with Gasteiger partial charge in [0.15, 0.2) is 0 Å². The molecule has 1 rings (SSSR count). The number of hydrogen-bond donors (Lipinski definition) is 2. The third kappa shape index (κ3) is 4.66. The smallest absolute Gasteiger partial charge is 0.224 e. The highest BCUT2D eigenvalue weighted by Crippen LogP contribution is 2.28. The van der Waals surface area contributed by atoms with E-state index in [2.05, 4.69) is 33.0 Å². The topological polar surface area (TPSA) is 55.1 Å². The first-order valence-electron chi connectivity index (χ1n) is 6.84. The van der Waals surface area contributed by atoms with Crippen molar-refractivity contribution in [3.63, 3.8) is 0 Å². The maximum Gasteiger partial charge on any atom is 0.224 e. The summed E-state index contributed by atoms with van der Waals surface area (Å²) in [6.45, 7) is 9.48. The van der Waals surface area contributed by atoms with Crippen molar-refractivity contribution in [3.05, 3.63) is 0 Å². The lowest BCUT2D eigenvalue weighted by Gasteiger charge is -2.33.